The maximum atomic E-state index is 13.2. The molecule has 0 amide bonds. The van der Waals surface area contributed by atoms with Gasteiger partial charge in [0.15, 0.2) is 6.29 Å². The average molecular weight is 635 g/mol. The predicted octanol–water partition coefficient (Wildman–Crippen LogP) is 7.09. The van der Waals surface area contributed by atoms with Crippen molar-refractivity contribution >= 4 is 11.9 Å². The minimum atomic E-state index is -0.738. The van der Waals surface area contributed by atoms with E-state index < -0.39 is 6.29 Å². The van der Waals surface area contributed by atoms with Crippen molar-refractivity contribution in [1.29, 1.82) is 0 Å². The number of benzene rings is 1. The highest BCUT2D eigenvalue weighted by atomic mass is 16.7. The molecule has 7 heteroatoms. The van der Waals surface area contributed by atoms with Crippen LogP contribution in [0.3, 0.4) is 0 Å². The molecule has 1 aromatic carbocycles. The van der Waals surface area contributed by atoms with E-state index in [0.29, 0.717) is 17.4 Å². The fourth-order valence-electron chi connectivity index (χ4n) is 13.7. The van der Waals surface area contributed by atoms with Gasteiger partial charge in [-0.2, -0.15) is 0 Å². The molecule has 2 saturated heterocycles. The Labute approximate surface area is 274 Å². The van der Waals surface area contributed by atoms with Crippen LogP contribution in [-0.2, 0) is 23.7 Å². The molecule has 2 heterocycles. The minimum absolute atomic E-state index is 0.0383. The molecule has 5 saturated carbocycles. The molecule has 5 aliphatic carbocycles. The van der Waals surface area contributed by atoms with Crippen molar-refractivity contribution in [2.24, 2.45) is 50.7 Å². The summed E-state index contributed by atoms with van der Waals surface area (Å²) < 4.78 is 24.9. The summed E-state index contributed by atoms with van der Waals surface area (Å²) in [6.45, 7) is 15.3. The molecule has 7 aliphatic rings. The first-order chi connectivity index (χ1) is 21.6. The normalized spacial score (nSPS) is 50.7. The lowest BCUT2D eigenvalue weighted by molar-refractivity contribution is -0.249. The first-order valence-electron chi connectivity index (χ1n) is 18.1. The van der Waals surface area contributed by atoms with Gasteiger partial charge in [-0.3, -0.25) is 4.79 Å². The standard InChI is InChI=1S/C39H54O7/c1-22(40)43-30-20-28-34(2,3)29(45-32(41)23-11-9-8-10-12-23)15-16-36(28,6)27-14-17-38-21-39(38,37(27,30)7)18-13-25(38)24-19-26(44-33(24)42)31-35(4,5)46-31/h8-12,24-31,33,42H,13-21H2,1-7H3. The van der Waals surface area contributed by atoms with Crippen LogP contribution in [0.2, 0.25) is 0 Å². The Morgan fingerprint density at radius 3 is 2.26 bits per heavy atom. The molecule has 0 aromatic heterocycles. The van der Waals surface area contributed by atoms with Crippen LogP contribution in [0.1, 0.15) is 117 Å². The van der Waals surface area contributed by atoms with Gasteiger partial charge in [0.05, 0.1) is 17.3 Å². The Morgan fingerprint density at radius 1 is 0.870 bits per heavy atom. The summed E-state index contributed by atoms with van der Waals surface area (Å²) in [5, 5.41) is 11.3. The molecule has 0 bridgehead atoms. The molecule has 7 fully saturated rings. The van der Waals surface area contributed by atoms with E-state index in [0.717, 1.165) is 51.4 Å². The molecular formula is C39H54O7. The lowest BCUT2D eigenvalue weighted by atomic mass is 9.37. The molecule has 13 atom stereocenters. The van der Waals surface area contributed by atoms with E-state index in [-0.39, 0.29) is 80.9 Å². The second kappa shape index (κ2) is 9.81. The first-order valence-corrected chi connectivity index (χ1v) is 18.1. The van der Waals surface area contributed by atoms with Gasteiger partial charge in [0.25, 0.3) is 0 Å². The smallest absolute Gasteiger partial charge is 0.338 e. The van der Waals surface area contributed by atoms with Gasteiger partial charge in [0.2, 0.25) is 0 Å². The number of carbonyl (C=O) groups excluding carboxylic acids is 2. The monoisotopic (exact) mass is 634 g/mol. The molecule has 2 aliphatic heterocycles. The lowest BCUT2D eigenvalue weighted by Crippen LogP contribution is -2.67. The van der Waals surface area contributed by atoms with Crippen molar-refractivity contribution in [1.82, 2.24) is 0 Å². The zero-order valence-electron chi connectivity index (χ0n) is 28.8. The van der Waals surface area contributed by atoms with Crippen LogP contribution >= 0.6 is 0 Å². The predicted molar refractivity (Wildman–Crippen MR) is 171 cm³/mol. The summed E-state index contributed by atoms with van der Waals surface area (Å²) in [4.78, 5) is 26.1. The highest BCUT2D eigenvalue weighted by molar-refractivity contribution is 5.89. The van der Waals surface area contributed by atoms with Gasteiger partial charge in [0, 0.05) is 23.7 Å². The summed E-state index contributed by atoms with van der Waals surface area (Å²) in [6, 6.07) is 9.30. The number of rotatable bonds is 5. The third kappa shape index (κ3) is 4.00. The van der Waals surface area contributed by atoms with Crippen molar-refractivity contribution in [2.45, 2.75) is 143 Å². The van der Waals surface area contributed by atoms with Crippen molar-refractivity contribution in [3.05, 3.63) is 35.9 Å². The van der Waals surface area contributed by atoms with E-state index >= 15 is 0 Å². The molecule has 0 radical (unpaired) electrons. The van der Waals surface area contributed by atoms with Gasteiger partial charge >= 0.3 is 11.9 Å². The number of fused-ring (bicyclic) bond motifs is 3. The molecular weight excluding hydrogens is 580 g/mol. The van der Waals surface area contributed by atoms with Crippen LogP contribution in [-0.4, -0.2) is 53.4 Å². The maximum absolute atomic E-state index is 13.2. The number of esters is 2. The Bertz CT molecular complexity index is 1420. The topological polar surface area (TPSA) is 94.6 Å². The summed E-state index contributed by atoms with van der Waals surface area (Å²) in [5.41, 5.74) is 0.320. The summed E-state index contributed by atoms with van der Waals surface area (Å²) in [5.74, 6) is 0.736. The molecule has 1 N–H and O–H groups in total. The summed E-state index contributed by atoms with van der Waals surface area (Å²) in [6.07, 6.45) is 8.08. The summed E-state index contributed by atoms with van der Waals surface area (Å²) in [7, 11) is 0. The second-order valence-corrected chi connectivity index (χ2v) is 18.1. The number of epoxide rings is 1. The van der Waals surface area contributed by atoms with Gasteiger partial charge in [-0.1, -0.05) is 45.9 Å². The fourth-order valence-corrected chi connectivity index (χ4v) is 13.7. The van der Waals surface area contributed by atoms with Gasteiger partial charge in [0.1, 0.15) is 18.3 Å². The van der Waals surface area contributed by atoms with Crippen molar-refractivity contribution in [3.8, 4) is 0 Å². The van der Waals surface area contributed by atoms with E-state index in [1.807, 2.05) is 30.3 Å². The van der Waals surface area contributed by atoms with Crippen LogP contribution in [0.25, 0.3) is 0 Å². The Hall–Kier alpha value is -1.96. The number of aliphatic hydroxyl groups excluding tert-OH is 1. The quantitative estimate of drug-likeness (QED) is 0.273. The molecule has 8 rings (SSSR count). The van der Waals surface area contributed by atoms with Crippen molar-refractivity contribution in [3.63, 3.8) is 0 Å². The summed E-state index contributed by atoms with van der Waals surface area (Å²) >= 11 is 0. The van der Waals surface area contributed by atoms with Gasteiger partial charge in [-0.15, -0.1) is 0 Å². The number of aliphatic hydroxyl groups is 1. The highest BCUT2D eigenvalue weighted by Crippen LogP contribution is 2.91. The second-order valence-electron chi connectivity index (χ2n) is 18.1. The largest absolute Gasteiger partial charge is 0.462 e. The number of carbonyl (C=O) groups is 2. The Balaban J connectivity index is 1.09. The van der Waals surface area contributed by atoms with Gasteiger partial charge < -0.3 is 24.1 Å². The van der Waals surface area contributed by atoms with Crippen molar-refractivity contribution < 1.29 is 33.6 Å². The Morgan fingerprint density at radius 2 is 1.59 bits per heavy atom. The maximum Gasteiger partial charge on any atom is 0.338 e. The van der Waals surface area contributed by atoms with Crippen LogP contribution in [0, 0.1) is 50.7 Å². The van der Waals surface area contributed by atoms with Gasteiger partial charge in [-0.05, 0) is 118 Å². The third-order valence-corrected chi connectivity index (χ3v) is 15.7. The zero-order chi connectivity index (χ0) is 32.7. The van der Waals surface area contributed by atoms with E-state index in [1.165, 1.54) is 6.42 Å². The van der Waals surface area contributed by atoms with E-state index in [2.05, 4.69) is 41.5 Å². The number of hydrogen-bond donors (Lipinski definition) is 1. The van der Waals surface area contributed by atoms with Crippen LogP contribution in [0.15, 0.2) is 30.3 Å². The van der Waals surface area contributed by atoms with E-state index in [1.54, 1.807) is 6.92 Å². The fraction of sp³-hybridized carbons (Fsp3) is 0.795. The highest BCUT2D eigenvalue weighted by Gasteiger charge is 2.86. The minimum Gasteiger partial charge on any atom is -0.462 e. The molecule has 13 unspecified atom stereocenters. The van der Waals surface area contributed by atoms with Crippen LogP contribution < -0.4 is 0 Å². The van der Waals surface area contributed by atoms with E-state index in [4.69, 9.17) is 18.9 Å². The van der Waals surface area contributed by atoms with Crippen LogP contribution in [0.4, 0.5) is 0 Å². The third-order valence-electron chi connectivity index (χ3n) is 15.7. The number of ether oxygens (including phenoxy) is 4. The number of hydrogen-bond acceptors (Lipinski definition) is 7. The molecule has 1 aromatic rings. The SMILES string of the molecule is CC(=O)OC1CC2C(C)(C)C(OC(=O)c3ccccc3)CCC2(C)C2CCC34CC3(CCC4C3CC(C4OC4(C)C)OC3O)C12C. The lowest BCUT2D eigenvalue weighted by Gasteiger charge is -2.68. The molecule has 0 spiro atoms. The molecule has 252 valence electrons. The van der Waals surface area contributed by atoms with E-state index in [9.17, 15) is 14.7 Å². The zero-order valence-corrected chi connectivity index (χ0v) is 28.8. The van der Waals surface area contributed by atoms with Crippen LogP contribution in [0.5, 0.6) is 0 Å². The Kier molecular flexibility index (Phi) is 6.68. The first kappa shape index (κ1) is 31.3. The van der Waals surface area contributed by atoms with Gasteiger partial charge in [-0.25, -0.2) is 4.79 Å². The molecule has 7 nitrogen and oxygen atoms in total. The average Bonchev–Trinajstić information content (AvgIpc) is 3.75. The molecule has 46 heavy (non-hydrogen) atoms. The van der Waals surface area contributed by atoms with Crippen molar-refractivity contribution in [2.75, 3.05) is 0 Å².